The fraction of sp³-hybridized carbons (Fsp3) is 0.200. The SMILES string of the molecule is CC(=O)Oc1cccc(C(O)C2CCCC=C2c2nc(-c3ccccc3)c(-c3ccccc3)o2)c1. The van der Waals surface area contributed by atoms with Gasteiger partial charge in [-0.25, -0.2) is 4.98 Å². The predicted octanol–water partition coefficient (Wildman–Crippen LogP) is 6.85. The average Bonchev–Trinajstić information content (AvgIpc) is 3.35. The Morgan fingerprint density at radius 1 is 1.00 bits per heavy atom. The van der Waals surface area contributed by atoms with Gasteiger partial charge in [0.2, 0.25) is 5.89 Å². The Balaban J connectivity index is 1.54. The lowest BCUT2D eigenvalue weighted by molar-refractivity contribution is -0.131. The van der Waals surface area contributed by atoms with E-state index in [1.54, 1.807) is 18.2 Å². The molecular weight excluding hydrogens is 438 g/mol. The Morgan fingerprint density at radius 2 is 1.71 bits per heavy atom. The van der Waals surface area contributed by atoms with Crippen LogP contribution < -0.4 is 4.74 Å². The fourth-order valence-corrected chi connectivity index (χ4v) is 4.66. The third-order valence-corrected chi connectivity index (χ3v) is 6.28. The average molecular weight is 466 g/mol. The van der Waals surface area contributed by atoms with Gasteiger partial charge < -0.3 is 14.3 Å². The molecule has 0 aliphatic heterocycles. The maximum absolute atomic E-state index is 11.4. The molecule has 0 bridgehead atoms. The van der Waals surface area contributed by atoms with Crippen molar-refractivity contribution in [3.05, 3.63) is 102 Å². The summed E-state index contributed by atoms with van der Waals surface area (Å²) in [5.74, 6) is 1.08. The van der Waals surface area contributed by atoms with Crippen molar-refractivity contribution in [3.8, 4) is 28.3 Å². The molecule has 4 aromatic rings. The number of esters is 1. The van der Waals surface area contributed by atoms with Gasteiger partial charge in [-0.3, -0.25) is 4.79 Å². The van der Waals surface area contributed by atoms with Crippen LogP contribution in [0.15, 0.2) is 95.4 Å². The van der Waals surface area contributed by atoms with Crippen molar-refractivity contribution in [2.75, 3.05) is 0 Å². The number of hydrogen-bond acceptors (Lipinski definition) is 5. The van der Waals surface area contributed by atoms with Gasteiger partial charge in [-0.1, -0.05) is 78.9 Å². The highest BCUT2D eigenvalue weighted by molar-refractivity contribution is 5.79. The van der Waals surface area contributed by atoms with Gasteiger partial charge in [0.15, 0.2) is 5.76 Å². The van der Waals surface area contributed by atoms with Crippen LogP contribution in [0.5, 0.6) is 5.75 Å². The molecule has 35 heavy (non-hydrogen) atoms. The molecule has 1 heterocycles. The van der Waals surface area contributed by atoms with E-state index in [0.717, 1.165) is 41.7 Å². The maximum atomic E-state index is 11.4. The molecule has 0 amide bonds. The van der Waals surface area contributed by atoms with Crippen LogP contribution in [-0.4, -0.2) is 16.1 Å². The number of aliphatic hydroxyl groups excluding tert-OH is 1. The quantitative estimate of drug-likeness (QED) is 0.249. The topological polar surface area (TPSA) is 72.6 Å². The van der Waals surface area contributed by atoms with Gasteiger partial charge in [0, 0.05) is 29.5 Å². The van der Waals surface area contributed by atoms with Crippen molar-refractivity contribution < 1.29 is 19.1 Å². The molecule has 5 rings (SSSR count). The number of aromatic nitrogens is 1. The molecule has 1 aliphatic rings. The molecule has 3 aromatic carbocycles. The van der Waals surface area contributed by atoms with Crippen molar-refractivity contribution in [2.24, 2.45) is 5.92 Å². The molecule has 0 saturated carbocycles. The summed E-state index contributed by atoms with van der Waals surface area (Å²) in [6, 6.07) is 27.0. The first-order chi connectivity index (χ1) is 17.1. The first-order valence-corrected chi connectivity index (χ1v) is 11.9. The fourth-order valence-electron chi connectivity index (χ4n) is 4.66. The van der Waals surface area contributed by atoms with Gasteiger partial charge in [-0.15, -0.1) is 0 Å². The minimum Gasteiger partial charge on any atom is -0.436 e. The lowest BCUT2D eigenvalue weighted by Crippen LogP contribution is -2.17. The van der Waals surface area contributed by atoms with E-state index in [9.17, 15) is 9.90 Å². The molecule has 5 nitrogen and oxygen atoms in total. The highest BCUT2D eigenvalue weighted by Gasteiger charge is 2.31. The third kappa shape index (κ3) is 4.96. The second kappa shape index (κ2) is 10.1. The summed E-state index contributed by atoms with van der Waals surface area (Å²) in [6.45, 7) is 1.36. The number of oxazole rings is 1. The van der Waals surface area contributed by atoms with Crippen molar-refractivity contribution in [1.82, 2.24) is 4.98 Å². The zero-order valence-electron chi connectivity index (χ0n) is 19.6. The van der Waals surface area contributed by atoms with E-state index >= 15 is 0 Å². The van der Waals surface area contributed by atoms with Crippen LogP contribution >= 0.6 is 0 Å². The largest absolute Gasteiger partial charge is 0.436 e. The Labute approximate surface area is 204 Å². The smallest absolute Gasteiger partial charge is 0.308 e. The van der Waals surface area contributed by atoms with Crippen LogP contribution in [0.4, 0.5) is 0 Å². The standard InChI is InChI=1S/C30H27NO4/c1-20(32)34-24-16-10-15-23(19-24)28(33)25-17-8-9-18-26(25)30-31-27(21-11-4-2-5-12-21)29(35-30)22-13-6-3-7-14-22/h2-7,10-16,18-19,25,28,33H,8-9,17H2,1H3. The number of carbonyl (C=O) groups is 1. The lowest BCUT2D eigenvalue weighted by Gasteiger charge is -2.27. The summed E-state index contributed by atoms with van der Waals surface area (Å²) >= 11 is 0. The van der Waals surface area contributed by atoms with E-state index in [1.165, 1.54) is 6.92 Å². The highest BCUT2D eigenvalue weighted by atomic mass is 16.5. The predicted molar refractivity (Wildman–Crippen MR) is 135 cm³/mol. The van der Waals surface area contributed by atoms with Gasteiger partial charge in [0.05, 0.1) is 6.10 Å². The van der Waals surface area contributed by atoms with Crippen LogP contribution in [-0.2, 0) is 4.79 Å². The number of rotatable bonds is 6. The van der Waals surface area contributed by atoms with E-state index < -0.39 is 12.1 Å². The van der Waals surface area contributed by atoms with Crippen LogP contribution in [0.25, 0.3) is 28.2 Å². The number of nitrogens with zero attached hydrogens (tertiary/aromatic N) is 1. The monoisotopic (exact) mass is 465 g/mol. The second-order valence-corrected chi connectivity index (χ2v) is 8.74. The van der Waals surface area contributed by atoms with Crippen molar-refractivity contribution >= 4 is 11.5 Å². The van der Waals surface area contributed by atoms with Crippen molar-refractivity contribution in [2.45, 2.75) is 32.3 Å². The molecule has 176 valence electrons. The number of allylic oxidation sites excluding steroid dienone is 1. The molecule has 0 fully saturated rings. The third-order valence-electron chi connectivity index (χ3n) is 6.28. The first kappa shape index (κ1) is 22.8. The molecule has 0 saturated heterocycles. The molecule has 0 radical (unpaired) electrons. The minimum atomic E-state index is -0.788. The summed E-state index contributed by atoms with van der Waals surface area (Å²) in [7, 11) is 0. The van der Waals surface area contributed by atoms with E-state index in [4.69, 9.17) is 14.1 Å². The normalized spacial score (nSPS) is 16.4. The van der Waals surface area contributed by atoms with Crippen LogP contribution in [0.3, 0.4) is 0 Å². The van der Waals surface area contributed by atoms with Crippen LogP contribution in [0, 0.1) is 5.92 Å². The molecule has 2 atom stereocenters. The molecule has 2 unspecified atom stereocenters. The van der Waals surface area contributed by atoms with Gasteiger partial charge in [0.25, 0.3) is 0 Å². The number of benzene rings is 3. The number of ether oxygens (including phenoxy) is 1. The van der Waals surface area contributed by atoms with E-state index in [-0.39, 0.29) is 5.92 Å². The summed E-state index contributed by atoms with van der Waals surface area (Å²) in [5.41, 5.74) is 4.31. The summed E-state index contributed by atoms with van der Waals surface area (Å²) in [4.78, 5) is 16.3. The van der Waals surface area contributed by atoms with Gasteiger partial charge in [-0.05, 0) is 37.0 Å². The number of carbonyl (C=O) groups excluding carboxylic acids is 1. The molecule has 5 heteroatoms. The summed E-state index contributed by atoms with van der Waals surface area (Å²) < 4.78 is 11.7. The Morgan fingerprint density at radius 3 is 2.43 bits per heavy atom. The van der Waals surface area contributed by atoms with Gasteiger partial charge >= 0.3 is 5.97 Å². The molecule has 1 N–H and O–H groups in total. The summed E-state index contributed by atoms with van der Waals surface area (Å²) in [6.07, 6.45) is 4.00. The number of hydrogen-bond donors (Lipinski definition) is 1. The maximum Gasteiger partial charge on any atom is 0.308 e. The first-order valence-electron chi connectivity index (χ1n) is 11.9. The molecule has 1 aliphatic carbocycles. The highest BCUT2D eigenvalue weighted by Crippen LogP contribution is 2.43. The second-order valence-electron chi connectivity index (χ2n) is 8.74. The van der Waals surface area contributed by atoms with Crippen LogP contribution in [0.1, 0.15) is 43.7 Å². The minimum absolute atomic E-state index is 0.192. The zero-order valence-corrected chi connectivity index (χ0v) is 19.6. The van der Waals surface area contributed by atoms with E-state index in [2.05, 4.69) is 6.08 Å². The lowest BCUT2D eigenvalue weighted by atomic mass is 9.81. The van der Waals surface area contributed by atoms with Gasteiger partial charge in [-0.2, -0.15) is 0 Å². The van der Waals surface area contributed by atoms with E-state index in [0.29, 0.717) is 23.0 Å². The van der Waals surface area contributed by atoms with Crippen molar-refractivity contribution in [3.63, 3.8) is 0 Å². The Kier molecular flexibility index (Phi) is 6.59. The Hall–Kier alpha value is -3.96. The summed E-state index contributed by atoms with van der Waals surface area (Å²) in [5, 5.41) is 11.4. The molecule has 0 spiro atoms. The molecule has 1 aromatic heterocycles. The van der Waals surface area contributed by atoms with Crippen molar-refractivity contribution in [1.29, 1.82) is 0 Å². The number of aliphatic hydroxyl groups is 1. The Bertz CT molecular complexity index is 1280. The zero-order chi connectivity index (χ0) is 24.2. The van der Waals surface area contributed by atoms with Crippen LogP contribution in [0.2, 0.25) is 0 Å². The van der Waals surface area contributed by atoms with Gasteiger partial charge in [0.1, 0.15) is 11.4 Å². The van der Waals surface area contributed by atoms with E-state index in [1.807, 2.05) is 66.7 Å². The molecular formula is C30H27NO4.